The lowest BCUT2D eigenvalue weighted by atomic mass is 9.95. The van der Waals surface area contributed by atoms with Gasteiger partial charge < -0.3 is 20.3 Å². The van der Waals surface area contributed by atoms with Crippen LogP contribution in [0.2, 0.25) is 0 Å². The molecule has 2 N–H and O–H groups in total. The predicted molar refractivity (Wildman–Crippen MR) is 132 cm³/mol. The van der Waals surface area contributed by atoms with Crippen LogP contribution in [0, 0.1) is 31.1 Å². The number of nitrogens with zero attached hydrogens (tertiary/aromatic N) is 2. The van der Waals surface area contributed by atoms with E-state index in [9.17, 15) is 19.6 Å². The molecule has 34 heavy (non-hydrogen) atoms. The van der Waals surface area contributed by atoms with Crippen molar-refractivity contribution in [3.05, 3.63) is 34.9 Å². The van der Waals surface area contributed by atoms with Gasteiger partial charge in [-0.2, -0.15) is 5.26 Å². The Morgan fingerprint density at radius 1 is 1.18 bits per heavy atom. The molecule has 2 atom stereocenters. The van der Waals surface area contributed by atoms with Gasteiger partial charge in [0.1, 0.15) is 24.2 Å². The molecule has 1 aromatic rings. The molecule has 0 bridgehead atoms. The van der Waals surface area contributed by atoms with Crippen molar-refractivity contribution in [2.45, 2.75) is 85.9 Å². The lowest BCUT2D eigenvalue weighted by Crippen LogP contribution is -2.55. The van der Waals surface area contributed by atoms with Crippen LogP contribution in [0.3, 0.4) is 0 Å². The molecule has 0 radical (unpaired) electrons. The number of unbranched alkanes of at least 4 members (excludes halogenated alkanes) is 1. The van der Waals surface area contributed by atoms with Crippen molar-refractivity contribution in [2.24, 2.45) is 5.92 Å². The van der Waals surface area contributed by atoms with Crippen LogP contribution in [-0.2, 0) is 14.3 Å². The Hall–Kier alpha value is -3.08. The number of hydrogen-bond acceptors (Lipinski definition) is 5. The van der Waals surface area contributed by atoms with E-state index in [1.54, 1.807) is 34.6 Å². The minimum Gasteiger partial charge on any atom is -0.444 e. The number of aryl methyl sites for hydroxylation is 2. The Kier molecular flexibility index (Phi) is 11.0. The van der Waals surface area contributed by atoms with Gasteiger partial charge in [0.15, 0.2) is 0 Å². The van der Waals surface area contributed by atoms with E-state index >= 15 is 0 Å². The molecular weight excluding hydrogens is 432 g/mol. The average molecular weight is 473 g/mol. The van der Waals surface area contributed by atoms with Crippen LogP contribution in [0.25, 0.3) is 0 Å². The van der Waals surface area contributed by atoms with Crippen molar-refractivity contribution in [1.82, 2.24) is 15.5 Å². The van der Waals surface area contributed by atoms with E-state index in [2.05, 4.69) is 10.6 Å². The Morgan fingerprint density at radius 3 is 2.35 bits per heavy atom. The van der Waals surface area contributed by atoms with Gasteiger partial charge in [0.25, 0.3) is 0 Å². The van der Waals surface area contributed by atoms with Crippen molar-refractivity contribution in [1.29, 1.82) is 5.26 Å². The molecule has 0 spiro atoms. The summed E-state index contributed by atoms with van der Waals surface area (Å²) >= 11 is 0. The summed E-state index contributed by atoms with van der Waals surface area (Å²) in [6.45, 7) is 14.7. The van der Waals surface area contributed by atoms with Gasteiger partial charge in [0.05, 0.1) is 6.07 Å². The van der Waals surface area contributed by atoms with Gasteiger partial charge in [0.2, 0.25) is 11.8 Å². The molecule has 1 rings (SSSR count). The number of amides is 3. The third-order valence-electron chi connectivity index (χ3n) is 5.25. The van der Waals surface area contributed by atoms with E-state index in [0.29, 0.717) is 12.1 Å². The van der Waals surface area contributed by atoms with E-state index in [-0.39, 0.29) is 18.4 Å². The third-order valence-corrected chi connectivity index (χ3v) is 5.25. The minimum atomic E-state index is -1.01. The number of nitriles is 1. The maximum absolute atomic E-state index is 13.7. The van der Waals surface area contributed by atoms with Gasteiger partial charge in [-0.1, -0.05) is 51.0 Å². The van der Waals surface area contributed by atoms with Gasteiger partial charge in [-0.3, -0.25) is 9.59 Å². The predicted octanol–water partition coefficient (Wildman–Crippen LogP) is 4.16. The van der Waals surface area contributed by atoms with E-state index in [0.717, 1.165) is 24.0 Å². The molecule has 3 amide bonds. The van der Waals surface area contributed by atoms with Gasteiger partial charge in [-0.15, -0.1) is 0 Å². The first-order valence-electron chi connectivity index (χ1n) is 11.8. The number of carbonyl (C=O) groups is 3. The zero-order chi connectivity index (χ0) is 26.1. The highest BCUT2D eigenvalue weighted by Crippen LogP contribution is 2.27. The smallest absolute Gasteiger partial charge is 0.408 e. The topological polar surface area (TPSA) is 112 Å². The summed E-state index contributed by atoms with van der Waals surface area (Å²) in [6.07, 6.45) is 0.976. The number of hydrogen-bond donors (Lipinski definition) is 2. The van der Waals surface area contributed by atoms with Crippen LogP contribution >= 0.6 is 0 Å². The van der Waals surface area contributed by atoms with Crippen molar-refractivity contribution in [2.75, 3.05) is 13.1 Å². The first kappa shape index (κ1) is 29.0. The van der Waals surface area contributed by atoms with Crippen molar-refractivity contribution < 1.29 is 19.1 Å². The SMILES string of the molecule is CCCCNC(=O)C(c1cc(C)ccc1C)N(CC#N)C(=O)C(NC(=O)OC(C)(C)C)C(C)C. The normalized spacial score (nSPS) is 12.9. The minimum absolute atomic E-state index is 0.302. The van der Waals surface area contributed by atoms with Gasteiger partial charge >= 0.3 is 6.09 Å². The fourth-order valence-electron chi connectivity index (χ4n) is 3.49. The molecule has 0 aliphatic rings. The first-order valence-corrected chi connectivity index (χ1v) is 11.8. The van der Waals surface area contributed by atoms with Gasteiger partial charge in [-0.25, -0.2) is 4.79 Å². The Labute approximate surface area is 204 Å². The number of alkyl carbamates (subject to hydrolysis) is 1. The van der Waals surface area contributed by atoms with E-state index in [1.165, 1.54) is 4.90 Å². The molecule has 8 heteroatoms. The van der Waals surface area contributed by atoms with Crippen LogP contribution in [0.15, 0.2) is 18.2 Å². The number of rotatable bonds is 10. The summed E-state index contributed by atoms with van der Waals surface area (Å²) in [5.41, 5.74) is 1.68. The lowest BCUT2D eigenvalue weighted by Gasteiger charge is -2.34. The molecule has 0 saturated heterocycles. The van der Waals surface area contributed by atoms with Crippen molar-refractivity contribution in [3.8, 4) is 6.07 Å². The Balaban J connectivity index is 3.45. The van der Waals surface area contributed by atoms with Crippen LogP contribution in [-0.4, -0.2) is 47.5 Å². The first-order chi connectivity index (χ1) is 15.8. The number of ether oxygens (including phenoxy) is 1. The Bertz CT molecular complexity index is 899. The maximum Gasteiger partial charge on any atom is 0.408 e. The summed E-state index contributed by atoms with van der Waals surface area (Å²) in [5, 5.41) is 15.1. The van der Waals surface area contributed by atoms with Crippen LogP contribution < -0.4 is 10.6 Å². The highest BCUT2D eigenvalue weighted by molar-refractivity contribution is 5.92. The molecule has 0 aliphatic carbocycles. The molecule has 1 aromatic carbocycles. The fraction of sp³-hybridized carbons (Fsp3) is 0.615. The summed E-state index contributed by atoms with van der Waals surface area (Å²) in [7, 11) is 0. The maximum atomic E-state index is 13.7. The summed E-state index contributed by atoms with van der Waals surface area (Å²) < 4.78 is 5.34. The van der Waals surface area contributed by atoms with Crippen molar-refractivity contribution in [3.63, 3.8) is 0 Å². The van der Waals surface area contributed by atoms with Crippen LogP contribution in [0.5, 0.6) is 0 Å². The molecule has 8 nitrogen and oxygen atoms in total. The lowest BCUT2D eigenvalue weighted by molar-refractivity contribution is -0.142. The van der Waals surface area contributed by atoms with E-state index in [1.807, 2.05) is 45.0 Å². The third kappa shape index (κ3) is 8.69. The standard InChI is InChI=1S/C26H40N4O4/c1-9-10-14-28-23(31)22(20-16-18(4)11-12-19(20)5)30(15-13-27)24(32)21(17(2)3)29-25(33)34-26(6,7)8/h11-12,16-17,21-22H,9-10,14-15H2,1-8H3,(H,28,31)(H,29,33). The van der Waals surface area contributed by atoms with Gasteiger partial charge in [0, 0.05) is 6.54 Å². The quantitative estimate of drug-likeness (QED) is 0.392. The largest absolute Gasteiger partial charge is 0.444 e. The second-order valence-electron chi connectivity index (χ2n) is 9.90. The second kappa shape index (κ2) is 13.0. The molecule has 0 fully saturated rings. The summed E-state index contributed by atoms with van der Waals surface area (Å²) in [6, 6.07) is 5.73. The monoisotopic (exact) mass is 472 g/mol. The van der Waals surface area contributed by atoms with Crippen LogP contribution in [0.4, 0.5) is 4.79 Å². The number of benzene rings is 1. The highest BCUT2D eigenvalue weighted by atomic mass is 16.6. The fourth-order valence-corrected chi connectivity index (χ4v) is 3.49. The van der Waals surface area contributed by atoms with Crippen molar-refractivity contribution >= 4 is 17.9 Å². The Morgan fingerprint density at radius 2 is 1.82 bits per heavy atom. The molecule has 0 aromatic heterocycles. The zero-order valence-electron chi connectivity index (χ0n) is 21.8. The second-order valence-corrected chi connectivity index (χ2v) is 9.90. The zero-order valence-corrected chi connectivity index (χ0v) is 21.8. The molecule has 188 valence electrons. The van der Waals surface area contributed by atoms with Gasteiger partial charge in [-0.05, 0) is 58.1 Å². The number of carbonyl (C=O) groups excluding carboxylic acids is 3. The average Bonchev–Trinajstić information content (AvgIpc) is 2.72. The summed E-state index contributed by atoms with van der Waals surface area (Å²) in [4.78, 5) is 40.8. The molecule has 0 saturated carbocycles. The van der Waals surface area contributed by atoms with E-state index in [4.69, 9.17) is 4.74 Å². The molecular formula is C26H40N4O4. The van der Waals surface area contributed by atoms with Crippen LogP contribution in [0.1, 0.15) is 77.1 Å². The molecule has 2 unspecified atom stereocenters. The molecule has 0 heterocycles. The van der Waals surface area contributed by atoms with E-state index < -0.39 is 29.7 Å². The molecule has 0 aliphatic heterocycles. The number of nitrogens with one attached hydrogen (secondary N) is 2. The highest BCUT2D eigenvalue weighted by Gasteiger charge is 2.38. The summed E-state index contributed by atoms with van der Waals surface area (Å²) in [5.74, 6) is -1.17.